The van der Waals surface area contributed by atoms with Crippen LogP contribution in [0, 0.1) is 17.8 Å². The normalized spacial score (nSPS) is 32.8. The second-order valence-corrected chi connectivity index (χ2v) is 17.3. The number of esters is 1. The van der Waals surface area contributed by atoms with Crippen molar-refractivity contribution in [1.82, 2.24) is 41.6 Å². The molecule has 22 nitrogen and oxygen atoms in total. The van der Waals surface area contributed by atoms with Gasteiger partial charge in [-0.15, -0.1) is 0 Å². The standard InChI is InChI=1S/C39H64N8O14/c1-20(2)18-26-14-15-39(57,60-24(26)7)38(9,56)37(55)43-30-31(21(3)4)59-36(54)23(6)46(58)33(51)27-12-10-16-41-44(27)29(49)19-40-32(50)22(5)47(61-25(8)48)34(52)28-13-11-17-42-45(28)35(30)53/h20-24,26-28,30-31,41-42,56-58H,10-19H2,1-9H3,(H,40,50)(H,43,55). The molecule has 61 heavy (non-hydrogen) atoms. The number of ether oxygens (including phenoxy) is 2. The molecule has 0 spiro atoms. The summed E-state index contributed by atoms with van der Waals surface area (Å²) in [5.74, 6) is -11.5. The zero-order valence-electron chi connectivity index (χ0n) is 36.5. The lowest BCUT2D eigenvalue weighted by atomic mass is 9.79. The minimum absolute atomic E-state index is 0.00877. The highest BCUT2D eigenvalue weighted by Crippen LogP contribution is 2.40. The molecule has 10 atom stereocenters. The summed E-state index contributed by atoms with van der Waals surface area (Å²) in [4.78, 5) is 116. The van der Waals surface area contributed by atoms with E-state index in [0.29, 0.717) is 30.2 Å². The Bertz CT molecular complexity index is 1680. The Hall–Kier alpha value is -4.48. The molecule has 4 fully saturated rings. The van der Waals surface area contributed by atoms with Gasteiger partial charge in [-0.25, -0.2) is 20.7 Å². The number of hydroxylamine groups is 4. The third-order valence-corrected chi connectivity index (χ3v) is 11.8. The van der Waals surface area contributed by atoms with Gasteiger partial charge in [0.25, 0.3) is 29.5 Å². The van der Waals surface area contributed by atoms with Crippen LogP contribution in [0.15, 0.2) is 0 Å². The van der Waals surface area contributed by atoms with Crippen LogP contribution in [0.25, 0.3) is 0 Å². The molecule has 0 aromatic heterocycles. The first-order chi connectivity index (χ1) is 28.4. The third-order valence-electron chi connectivity index (χ3n) is 11.8. The molecule has 6 amide bonds. The van der Waals surface area contributed by atoms with Gasteiger partial charge in [-0.05, 0) is 84.0 Å². The van der Waals surface area contributed by atoms with E-state index in [0.717, 1.165) is 37.2 Å². The first-order valence-electron chi connectivity index (χ1n) is 21.0. The summed E-state index contributed by atoms with van der Waals surface area (Å²) < 4.78 is 11.8. The molecule has 0 radical (unpaired) electrons. The van der Waals surface area contributed by atoms with Crippen LogP contribution < -0.4 is 21.5 Å². The van der Waals surface area contributed by atoms with Gasteiger partial charge in [-0.2, -0.15) is 5.06 Å². The second kappa shape index (κ2) is 20.1. The smallest absolute Gasteiger partial charge is 0.331 e. The van der Waals surface area contributed by atoms with Gasteiger partial charge in [0.05, 0.1) is 12.6 Å². The first kappa shape index (κ1) is 49.2. The van der Waals surface area contributed by atoms with Gasteiger partial charge in [-0.1, -0.05) is 27.7 Å². The fraction of sp³-hybridized carbons (Fsp3) is 0.795. The number of carbonyl (C=O) groups is 8. The first-order valence-corrected chi connectivity index (χ1v) is 21.0. The van der Waals surface area contributed by atoms with E-state index in [1.54, 1.807) is 6.92 Å². The van der Waals surface area contributed by atoms with Crippen LogP contribution in [-0.2, 0) is 52.7 Å². The number of cyclic esters (lactones) is 1. The summed E-state index contributed by atoms with van der Waals surface area (Å²) in [5, 5.41) is 41.8. The number of nitrogens with zero attached hydrogens (tertiary/aromatic N) is 4. The molecule has 10 unspecified atom stereocenters. The largest absolute Gasteiger partial charge is 0.458 e. The highest BCUT2D eigenvalue weighted by Gasteiger charge is 2.57. The van der Waals surface area contributed by atoms with Crippen molar-refractivity contribution >= 4 is 47.4 Å². The van der Waals surface area contributed by atoms with E-state index < -0.39 is 114 Å². The quantitative estimate of drug-likeness (QED) is 0.116. The van der Waals surface area contributed by atoms with Crippen molar-refractivity contribution in [2.75, 3.05) is 19.6 Å². The van der Waals surface area contributed by atoms with E-state index in [1.165, 1.54) is 20.8 Å². The predicted octanol–water partition coefficient (Wildman–Crippen LogP) is -1.24. The Morgan fingerprint density at radius 1 is 0.918 bits per heavy atom. The number of hydrogen-bond donors (Lipinski definition) is 7. The second-order valence-electron chi connectivity index (χ2n) is 17.3. The molecule has 344 valence electrons. The zero-order chi connectivity index (χ0) is 45.7. The number of fused-ring (bicyclic) bond motifs is 2. The van der Waals surface area contributed by atoms with Crippen LogP contribution in [0.5, 0.6) is 0 Å². The molecular formula is C39H64N8O14. The molecule has 4 aliphatic heterocycles. The molecule has 0 aromatic carbocycles. The van der Waals surface area contributed by atoms with Crippen LogP contribution in [0.2, 0.25) is 0 Å². The molecule has 4 heterocycles. The lowest BCUT2D eigenvalue weighted by Crippen LogP contribution is -2.70. The Morgan fingerprint density at radius 3 is 2.07 bits per heavy atom. The number of carbonyl (C=O) groups excluding carboxylic acids is 8. The fourth-order valence-electron chi connectivity index (χ4n) is 8.04. The van der Waals surface area contributed by atoms with Gasteiger partial charge < -0.3 is 35.2 Å². The minimum Gasteiger partial charge on any atom is -0.458 e. The SMILES string of the molecule is CC(=O)ON1C(=O)C2CCCNN2C(=O)C(NC(=O)C(C)(O)C2(O)CCC(CC(C)C)C(C)O2)C(C(C)C)OC(=O)C(C)N(O)C(=O)C2CCCNN2C(=O)CNC(=O)C1C. The number of hydrazine groups is 2. The van der Waals surface area contributed by atoms with Crippen molar-refractivity contribution in [2.24, 2.45) is 17.8 Å². The number of amides is 6. The van der Waals surface area contributed by atoms with Crippen LogP contribution in [0.4, 0.5) is 0 Å². The van der Waals surface area contributed by atoms with Crippen LogP contribution in [0.1, 0.15) is 107 Å². The summed E-state index contributed by atoms with van der Waals surface area (Å²) in [6.07, 6.45) is -0.582. The van der Waals surface area contributed by atoms with E-state index in [9.17, 15) is 53.8 Å². The Labute approximate surface area is 355 Å². The summed E-state index contributed by atoms with van der Waals surface area (Å²) in [6.45, 7) is 12.8. The number of nitrogens with one attached hydrogen (secondary N) is 4. The Morgan fingerprint density at radius 2 is 1.51 bits per heavy atom. The van der Waals surface area contributed by atoms with Gasteiger partial charge in [0, 0.05) is 26.4 Å². The molecule has 0 saturated carbocycles. The Kier molecular flexibility index (Phi) is 16.2. The van der Waals surface area contributed by atoms with Crippen molar-refractivity contribution in [3.63, 3.8) is 0 Å². The van der Waals surface area contributed by atoms with Gasteiger partial charge in [-0.3, -0.25) is 48.8 Å². The fourth-order valence-corrected chi connectivity index (χ4v) is 8.04. The molecule has 22 heteroatoms. The summed E-state index contributed by atoms with van der Waals surface area (Å²) in [6, 6.07) is -8.15. The van der Waals surface area contributed by atoms with Crippen LogP contribution >= 0.6 is 0 Å². The molecule has 0 aromatic rings. The molecule has 4 aliphatic rings. The lowest BCUT2D eigenvalue weighted by molar-refractivity contribution is -0.326. The average Bonchev–Trinajstić information content (AvgIpc) is 3.21. The van der Waals surface area contributed by atoms with Gasteiger partial charge in [0.15, 0.2) is 11.6 Å². The van der Waals surface area contributed by atoms with Gasteiger partial charge in [0.1, 0.15) is 30.3 Å². The highest BCUT2D eigenvalue weighted by molar-refractivity contribution is 5.97. The zero-order valence-corrected chi connectivity index (χ0v) is 36.5. The van der Waals surface area contributed by atoms with Gasteiger partial charge in [0.2, 0.25) is 11.7 Å². The molecule has 0 aliphatic carbocycles. The average molecular weight is 869 g/mol. The predicted molar refractivity (Wildman–Crippen MR) is 210 cm³/mol. The maximum Gasteiger partial charge on any atom is 0.331 e. The van der Waals surface area contributed by atoms with Crippen LogP contribution in [-0.4, -0.2) is 156 Å². The monoisotopic (exact) mass is 868 g/mol. The highest BCUT2D eigenvalue weighted by atomic mass is 16.7. The molecule has 0 bridgehead atoms. The topological polar surface area (TPSA) is 286 Å². The van der Waals surface area contributed by atoms with E-state index >= 15 is 0 Å². The maximum absolute atomic E-state index is 14.9. The van der Waals surface area contributed by atoms with E-state index in [4.69, 9.17) is 14.3 Å². The minimum atomic E-state index is -2.72. The van der Waals surface area contributed by atoms with Crippen molar-refractivity contribution in [1.29, 1.82) is 0 Å². The lowest BCUT2D eigenvalue weighted by Gasteiger charge is -2.47. The summed E-state index contributed by atoms with van der Waals surface area (Å²) in [5.41, 5.74) is 2.85. The number of rotatable bonds is 7. The Balaban J connectivity index is 1.82. The van der Waals surface area contributed by atoms with Crippen molar-refractivity contribution in [2.45, 2.75) is 161 Å². The van der Waals surface area contributed by atoms with Gasteiger partial charge >= 0.3 is 11.9 Å². The number of hydrogen-bond acceptors (Lipinski definition) is 16. The maximum atomic E-state index is 14.9. The third kappa shape index (κ3) is 10.9. The summed E-state index contributed by atoms with van der Waals surface area (Å²) in [7, 11) is 0. The molecule has 7 N–H and O–H groups in total. The van der Waals surface area contributed by atoms with E-state index in [2.05, 4.69) is 21.5 Å². The van der Waals surface area contributed by atoms with Crippen molar-refractivity contribution in [3.05, 3.63) is 0 Å². The van der Waals surface area contributed by atoms with E-state index in [1.807, 2.05) is 13.8 Å². The molecular weight excluding hydrogens is 804 g/mol. The molecule has 4 rings (SSSR count). The van der Waals surface area contributed by atoms with E-state index in [-0.39, 0.29) is 43.3 Å². The summed E-state index contributed by atoms with van der Waals surface area (Å²) >= 11 is 0. The van der Waals surface area contributed by atoms with Crippen molar-refractivity contribution in [3.8, 4) is 0 Å². The van der Waals surface area contributed by atoms with Crippen molar-refractivity contribution < 1.29 is 68.1 Å². The number of aliphatic hydroxyl groups is 2. The molecule has 4 saturated heterocycles. The van der Waals surface area contributed by atoms with Crippen LogP contribution in [0.3, 0.4) is 0 Å².